The molecule has 0 aromatic heterocycles. The molecule has 0 unspecified atom stereocenters. The third-order valence-corrected chi connectivity index (χ3v) is 6.15. The summed E-state index contributed by atoms with van der Waals surface area (Å²) < 4.78 is 22.4. The van der Waals surface area contributed by atoms with Gasteiger partial charge in [0.15, 0.2) is 0 Å². The fourth-order valence-corrected chi connectivity index (χ4v) is 4.41. The Bertz CT molecular complexity index is 251. The Morgan fingerprint density at radius 2 is 2.29 bits per heavy atom. The van der Waals surface area contributed by atoms with Gasteiger partial charge in [0.25, 0.3) is 0 Å². The van der Waals surface area contributed by atoms with Crippen molar-refractivity contribution in [1.82, 2.24) is 0 Å². The molecule has 14 heavy (non-hydrogen) atoms. The van der Waals surface area contributed by atoms with E-state index in [4.69, 9.17) is 9.05 Å². The van der Waals surface area contributed by atoms with E-state index in [1.807, 2.05) is 0 Å². The lowest BCUT2D eigenvalue weighted by atomic mass is 10.8. The molecule has 4 nitrogen and oxygen atoms in total. The van der Waals surface area contributed by atoms with E-state index < -0.39 is 7.60 Å². The maximum Gasteiger partial charge on any atom is 0.330 e. The molecular formula is C7H14NO3PS2. The second kappa shape index (κ2) is 6.18. The average Bonchev–Trinajstić information content (AvgIpc) is 2.70. The first-order valence-corrected chi connectivity index (χ1v) is 7.90. The Morgan fingerprint density at radius 3 is 2.79 bits per heavy atom. The molecule has 0 atom stereocenters. The Hall–Kier alpha value is 0.520. The van der Waals surface area contributed by atoms with Gasteiger partial charge >= 0.3 is 7.60 Å². The molecule has 1 aliphatic heterocycles. The lowest BCUT2D eigenvalue weighted by Crippen LogP contribution is -1.98. The van der Waals surface area contributed by atoms with Crippen LogP contribution < -0.4 is 0 Å². The van der Waals surface area contributed by atoms with Crippen LogP contribution in [-0.2, 0) is 13.6 Å². The normalized spacial score (nSPS) is 17.1. The molecule has 0 saturated heterocycles. The number of rotatable bonds is 5. The molecule has 0 radical (unpaired) electrons. The highest BCUT2D eigenvalue weighted by Gasteiger charge is 2.21. The molecule has 82 valence electrons. The van der Waals surface area contributed by atoms with Gasteiger partial charge in [0.2, 0.25) is 0 Å². The Labute approximate surface area is 92.8 Å². The van der Waals surface area contributed by atoms with Crippen LogP contribution in [0.15, 0.2) is 4.99 Å². The van der Waals surface area contributed by atoms with Crippen LogP contribution in [-0.4, -0.2) is 42.8 Å². The zero-order valence-corrected chi connectivity index (χ0v) is 10.8. The molecule has 0 spiro atoms. The number of hydrogen-bond acceptors (Lipinski definition) is 6. The van der Waals surface area contributed by atoms with Crippen LogP contribution in [0.1, 0.15) is 0 Å². The van der Waals surface area contributed by atoms with Crippen LogP contribution in [0.4, 0.5) is 0 Å². The zero-order chi connectivity index (χ0) is 10.4. The summed E-state index contributed by atoms with van der Waals surface area (Å²) in [6.07, 6.45) is 0.435. The van der Waals surface area contributed by atoms with E-state index in [1.165, 1.54) is 14.2 Å². The zero-order valence-electron chi connectivity index (χ0n) is 8.26. The van der Waals surface area contributed by atoms with Gasteiger partial charge in [-0.1, -0.05) is 23.5 Å². The summed E-state index contributed by atoms with van der Waals surface area (Å²) in [4.78, 5) is 4.28. The monoisotopic (exact) mass is 255 g/mol. The van der Waals surface area contributed by atoms with Crippen molar-refractivity contribution < 1.29 is 13.6 Å². The van der Waals surface area contributed by atoms with E-state index in [0.29, 0.717) is 6.16 Å². The van der Waals surface area contributed by atoms with Gasteiger partial charge in [0.05, 0.1) is 12.7 Å². The third kappa shape index (κ3) is 3.95. The standard InChI is InChI=1S/C7H14NO3PS2/c1-10-12(9,11-2)4-6-14-7-8-3-5-13-7/h3-6H2,1-2H3. The second-order valence-corrected chi connectivity index (χ2v) is 7.37. The molecule has 0 amide bonds. The highest BCUT2D eigenvalue weighted by atomic mass is 32.2. The summed E-state index contributed by atoms with van der Waals surface area (Å²) in [5.74, 6) is 1.79. The largest absolute Gasteiger partial charge is 0.330 e. The number of thioether (sulfide) groups is 2. The van der Waals surface area contributed by atoms with Crippen molar-refractivity contribution in [1.29, 1.82) is 0 Å². The van der Waals surface area contributed by atoms with E-state index >= 15 is 0 Å². The number of aliphatic imine (C=N–C) groups is 1. The van der Waals surface area contributed by atoms with Gasteiger partial charge in [-0.25, -0.2) is 0 Å². The van der Waals surface area contributed by atoms with E-state index in [-0.39, 0.29) is 0 Å². The molecule has 0 aromatic carbocycles. The van der Waals surface area contributed by atoms with Gasteiger partial charge in [0, 0.05) is 25.7 Å². The van der Waals surface area contributed by atoms with Crippen LogP contribution >= 0.6 is 31.1 Å². The summed E-state index contributed by atoms with van der Waals surface area (Å²) in [5, 5.41) is 0. The van der Waals surface area contributed by atoms with Crippen LogP contribution in [0.3, 0.4) is 0 Å². The van der Waals surface area contributed by atoms with Crippen LogP contribution in [0.5, 0.6) is 0 Å². The summed E-state index contributed by atoms with van der Waals surface area (Å²) in [6, 6.07) is 0. The van der Waals surface area contributed by atoms with E-state index in [0.717, 1.165) is 22.4 Å². The topological polar surface area (TPSA) is 47.9 Å². The lowest BCUT2D eigenvalue weighted by molar-refractivity contribution is 0.277. The molecule has 1 rings (SSSR count). The second-order valence-electron chi connectivity index (χ2n) is 2.54. The van der Waals surface area contributed by atoms with E-state index in [1.54, 1.807) is 23.5 Å². The summed E-state index contributed by atoms with van der Waals surface area (Å²) in [5.41, 5.74) is 0. The van der Waals surface area contributed by atoms with Gasteiger partial charge in [-0.15, -0.1) is 0 Å². The molecule has 0 bridgehead atoms. The number of hydrogen-bond donors (Lipinski definition) is 0. The molecular weight excluding hydrogens is 241 g/mol. The van der Waals surface area contributed by atoms with Gasteiger partial charge in [-0.05, 0) is 0 Å². The van der Waals surface area contributed by atoms with Gasteiger partial charge in [-0.3, -0.25) is 9.56 Å². The SMILES string of the molecule is COP(=O)(CCSC1=NCCS1)OC. The molecule has 0 saturated carbocycles. The molecule has 7 heteroatoms. The molecule has 0 N–H and O–H groups in total. The highest BCUT2D eigenvalue weighted by Crippen LogP contribution is 2.46. The predicted molar refractivity (Wildman–Crippen MR) is 63.7 cm³/mol. The minimum atomic E-state index is -2.82. The first-order valence-electron chi connectivity index (χ1n) is 4.21. The van der Waals surface area contributed by atoms with Gasteiger partial charge in [0.1, 0.15) is 4.38 Å². The molecule has 0 aliphatic carbocycles. The fraction of sp³-hybridized carbons (Fsp3) is 0.857. The fourth-order valence-electron chi connectivity index (χ4n) is 0.905. The highest BCUT2D eigenvalue weighted by molar-refractivity contribution is 8.39. The van der Waals surface area contributed by atoms with Crippen molar-refractivity contribution in [3.8, 4) is 0 Å². The Morgan fingerprint density at radius 1 is 1.57 bits per heavy atom. The van der Waals surface area contributed by atoms with Crippen molar-refractivity contribution in [2.45, 2.75) is 0 Å². The lowest BCUT2D eigenvalue weighted by Gasteiger charge is -2.12. The maximum atomic E-state index is 11.6. The van der Waals surface area contributed by atoms with Crippen molar-refractivity contribution in [2.75, 3.05) is 38.4 Å². The first-order chi connectivity index (χ1) is 6.70. The maximum absolute atomic E-state index is 11.6. The van der Waals surface area contributed by atoms with Crippen molar-refractivity contribution in [2.24, 2.45) is 4.99 Å². The average molecular weight is 255 g/mol. The van der Waals surface area contributed by atoms with Gasteiger partial charge < -0.3 is 9.05 Å². The van der Waals surface area contributed by atoms with E-state index in [9.17, 15) is 4.57 Å². The van der Waals surface area contributed by atoms with Crippen molar-refractivity contribution in [3.05, 3.63) is 0 Å². The van der Waals surface area contributed by atoms with Crippen LogP contribution in [0.25, 0.3) is 0 Å². The minimum absolute atomic E-state index is 0.435. The quantitative estimate of drug-likeness (QED) is 0.705. The van der Waals surface area contributed by atoms with Gasteiger partial charge in [-0.2, -0.15) is 0 Å². The predicted octanol–water partition coefficient (Wildman–Crippen LogP) is 2.31. The van der Waals surface area contributed by atoms with Crippen LogP contribution in [0.2, 0.25) is 0 Å². The summed E-state index contributed by atoms with van der Waals surface area (Å²) in [6.45, 7) is 0.902. The summed E-state index contributed by atoms with van der Waals surface area (Å²) >= 11 is 3.37. The summed E-state index contributed by atoms with van der Waals surface area (Å²) in [7, 11) is 0.00393. The molecule has 0 fully saturated rings. The third-order valence-electron chi connectivity index (χ3n) is 1.70. The van der Waals surface area contributed by atoms with Crippen LogP contribution in [0, 0.1) is 0 Å². The molecule has 1 heterocycles. The first kappa shape index (κ1) is 12.6. The Balaban J connectivity index is 2.22. The van der Waals surface area contributed by atoms with E-state index in [2.05, 4.69) is 4.99 Å². The van der Waals surface area contributed by atoms with Crippen molar-refractivity contribution in [3.63, 3.8) is 0 Å². The minimum Gasteiger partial charge on any atom is -0.312 e. The molecule has 1 aliphatic rings. The van der Waals surface area contributed by atoms with Crippen molar-refractivity contribution >= 4 is 35.5 Å². The number of nitrogens with zero attached hydrogens (tertiary/aromatic N) is 1. The smallest absolute Gasteiger partial charge is 0.312 e. The Kier molecular flexibility index (Phi) is 5.56. The molecule has 0 aromatic rings.